The summed E-state index contributed by atoms with van der Waals surface area (Å²) in [7, 11) is 0. The maximum absolute atomic E-state index is 6.23. The Balaban J connectivity index is 1.78. The van der Waals surface area contributed by atoms with Crippen molar-refractivity contribution < 1.29 is 4.74 Å². The largest absolute Gasteiger partial charge is 0.490 e. The number of hydrogen-bond acceptors (Lipinski definition) is 2. The van der Waals surface area contributed by atoms with Crippen LogP contribution in [0.1, 0.15) is 19.8 Å². The fourth-order valence-electron chi connectivity index (χ4n) is 2.66. The van der Waals surface area contributed by atoms with E-state index >= 15 is 0 Å². The Hall–Kier alpha value is -1.54. The van der Waals surface area contributed by atoms with E-state index in [1.54, 1.807) is 0 Å². The number of fused-ring (bicyclic) bond motifs is 1. The van der Waals surface area contributed by atoms with Gasteiger partial charge in [0, 0.05) is 19.0 Å². The van der Waals surface area contributed by atoms with Gasteiger partial charge in [-0.25, -0.2) is 0 Å². The molecular formula is C17H21NO. The maximum Gasteiger partial charge on any atom is 0.120 e. The average Bonchev–Trinajstić information content (AvgIpc) is 2.37. The van der Waals surface area contributed by atoms with Crippen LogP contribution >= 0.6 is 0 Å². The molecule has 2 aromatic rings. The Labute approximate surface area is 114 Å². The van der Waals surface area contributed by atoms with Crippen molar-refractivity contribution in [1.29, 1.82) is 0 Å². The Kier molecular flexibility index (Phi) is 3.69. The fraction of sp³-hybridized carbons (Fsp3) is 0.412. The van der Waals surface area contributed by atoms with Crippen LogP contribution in [0.25, 0.3) is 10.8 Å². The highest BCUT2D eigenvalue weighted by molar-refractivity contribution is 5.83. The minimum Gasteiger partial charge on any atom is -0.490 e. The Bertz CT molecular complexity index is 548. The van der Waals surface area contributed by atoms with E-state index in [-0.39, 0.29) is 0 Å². The summed E-state index contributed by atoms with van der Waals surface area (Å²) in [5, 5.41) is 5.86. The predicted molar refractivity (Wildman–Crippen MR) is 79.6 cm³/mol. The van der Waals surface area contributed by atoms with Crippen LogP contribution in [0, 0.1) is 5.92 Å². The Morgan fingerprint density at radius 1 is 1.16 bits per heavy atom. The minimum absolute atomic E-state index is 0.354. The minimum atomic E-state index is 0.354. The molecular weight excluding hydrogens is 234 g/mol. The highest BCUT2D eigenvalue weighted by atomic mass is 16.5. The first kappa shape index (κ1) is 12.5. The summed E-state index contributed by atoms with van der Waals surface area (Å²) >= 11 is 0. The summed E-state index contributed by atoms with van der Waals surface area (Å²) in [6.45, 7) is 4.42. The SMILES string of the molecule is CCCC(Oc1ccc2ccccc2c1)C1CNC1. The zero-order chi connectivity index (χ0) is 13.1. The van der Waals surface area contributed by atoms with Crippen molar-refractivity contribution in [3.63, 3.8) is 0 Å². The zero-order valence-corrected chi connectivity index (χ0v) is 11.4. The van der Waals surface area contributed by atoms with E-state index in [2.05, 4.69) is 54.7 Å². The lowest BCUT2D eigenvalue weighted by atomic mass is 9.93. The van der Waals surface area contributed by atoms with Crippen molar-refractivity contribution in [1.82, 2.24) is 5.32 Å². The normalized spacial score (nSPS) is 17.1. The lowest BCUT2D eigenvalue weighted by molar-refractivity contribution is 0.0909. The van der Waals surface area contributed by atoms with Crippen molar-refractivity contribution >= 4 is 10.8 Å². The first-order valence-electron chi connectivity index (χ1n) is 7.23. The molecule has 1 N–H and O–H groups in total. The molecule has 2 nitrogen and oxygen atoms in total. The lowest BCUT2D eigenvalue weighted by Gasteiger charge is -2.34. The van der Waals surface area contributed by atoms with Gasteiger partial charge in [0.1, 0.15) is 11.9 Å². The highest BCUT2D eigenvalue weighted by Gasteiger charge is 2.27. The molecule has 0 radical (unpaired) electrons. The van der Waals surface area contributed by atoms with E-state index < -0.39 is 0 Å². The molecule has 0 amide bonds. The van der Waals surface area contributed by atoms with E-state index in [9.17, 15) is 0 Å². The summed E-state index contributed by atoms with van der Waals surface area (Å²) in [6, 6.07) is 14.8. The van der Waals surface area contributed by atoms with Gasteiger partial charge in [-0.3, -0.25) is 0 Å². The second kappa shape index (κ2) is 5.62. The van der Waals surface area contributed by atoms with Gasteiger partial charge in [-0.1, -0.05) is 43.7 Å². The van der Waals surface area contributed by atoms with Crippen LogP contribution in [0.15, 0.2) is 42.5 Å². The van der Waals surface area contributed by atoms with E-state index in [0.717, 1.165) is 25.3 Å². The standard InChI is InChI=1S/C17H21NO/c1-2-5-17(15-11-18-12-15)19-16-9-8-13-6-3-4-7-14(13)10-16/h3-4,6-10,15,17-18H,2,5,11-12H2,1H3. The second-order valence-electron chi connectivity index (χ2n) is 5.37. The van der Waals surface area contributed by atoms with Gasteiger partial charge >= 0.3 is 0 Å². The van der Waals surface area contributed by atoms with Crippen LogP contribution in [-0.4, -0.2) is 19.2 Å². The fourth-order valence-corrected chi connectivity index (χ4v) is 2.66. The summed E-state index contributed by atoms with van der Waals surface area (Å²) in [6.07, 6.45) is 2.67. The number of benzene rings is 2. The molecule has 2 aromatic carbocycles. The molecule has 2 heteroatoms. The number of rotatable bonds is 5. The molecule has 1 aliphatic rings. The maximum atomic E-state index is 6.23. The quantitative estimate of drug-likeness (QED) is 0.881. The van der Waals surface area contributed by atoms with Gasteiger partial charge in [-0.05, 0) is 29.3 Å². The predicted octanol–water partition coefficient (Wildman–Crippen LogP) is 3.61. The van der Waals surface area contributed by atoms with Crippen LogP contribution < -0.4 is 10.1 Å². The molecule has 0 saturated carbocycles. The molecule has 0 aromatic heterocycles. The number of ether oxygens (including phenoxy) is 1. The Morgan fingerprint density at radius 2 is 1.95 bits per heavy atom. The van der Waals surface area contributed by atoms with Gasteiger partial charge in [0.2, 0.25) is 0 Å². The van der Waals surface area contributed by atoms with E-state index in [1.807, 2.05) is 0 Å². The first-order valence-corrected chi connectivity index (χ1v) is 7.23. The third kappa shape index (κ3) is 2.74. The molecule has 19 heavy (non-hydrogen) atoms. The third-order valence-electron chi connectivity index (χ3n) is 3.92. The van der Waals surface area contributed by atoms with Gasteiger partial charge in [0.25, 0.3) is 0 Å². The topological polar surface area (TPSA) is 21.3 Å². The summed E-state index contributed by atoms with van der Waals surface area (Å²) < 4.78 is 6.23. The van der Waals surface area contributed by atoms with Crippen LogP contribution in [0.3, 0.4) is 0 Å². The average molecular weight is 255 g/mol. The van der Waals surface area contributed by atoms with Crippen molar-refractivity contribution in [2.75, 3.05) is 13.1 Å². The van der Waals surface area contributed by atoms with Crippen LogP contribution in [-0.2, 0) is 0 Å². The third-order valence-corrected chi connectivity index (χ3v) is 3.92. The van der Waals surface area contributed by atoms with E-state index in [0.29, 0.717) is 12.0 Å². The number of nitrogens with one attached hydrogen (secondary N) is 1. The molecule has 0 spiro atoms. The van der Waals surface area contributed by atoms with Crippen LogP contribution in [0.2, 0.25) is 0 Å². The molecule has 1 unspecified atom stereocenters. The first-order chi connectivity index (χ1) is 9.36. The summed E-state index contributed by atoms with van der Waals surface area (Å²) in [4.78, 5) is 0. The zero-order valence-electron chi connectivity index (χ0n) is 11.4. The van der Waals surface area contributed by atoms with E-state index in [4.69, 9.17) is 4.74 Å². The molecule has 0 aliphatic carbocycles. The van der Waals surface area contributed by atoms with Crippen molar-refractivity contribution in [3.8, 4) is 5.75 Å². The van der Waals surface area contributed by atoms with Gasteiger partial charge < -0.3 is 10.1 Å². The second-order valence-corrected chi connectivity index (χ2v) is 5.37. The monoisotopic (exact) mass is 255 g/mol. The molecule has 100 valence electrons. The molecule has 0 bridgehead atoms. The Morgan fingerprint density at radius 3 is 2.63 bits per heavy atom. The molecule has 1 aliphatic heterocycles. The van der Waals surface area contributed by atoms with E-state index in [1.165, 1.54) is 17.2 Å². The highest BCUT2D eigenvalue weighted by Crippen LogP contribution is 2.25. The summed E-state index contributed by atoms with van der Waals surface area (Å²) in [5.74, 6) is 1.68. The van der Waals surface area contributed by atoms with Gasteiger partial charge in [-0.2, -0.15) is 0 Å². The molecule has 1 atom stereocenters. The van der Waals surface area contributed by atoms with Gasteiger partial charge in [0.05, 0.1) is 0 Å². The molecule has 1 saturated heterocycles. The smallest absolute Gasteiger partial charge is 0.120 e. The van der Waals surface area contributed by atoms with Crippen LogP contribution in [0.4, 0.5) is 0 Å². The van der Waals surface area contributed by atoms with Gasteiger partial charge in [0.15, 0.2) is 0 Å². The number of hydrogen-bond donors (Lipinski definition) is 1. The van der Waals surface area contributed by atoms with Crippen molar-refractivity contribution in [3.05, 3.63) is 42.5 Å². The molecule has 1 heterocycles. The molecule has 1 fully saturated rings. The molecule has 3 rings (SSSR count). The summed E-state index contributed by atoms with van der Waals surface area (Å²) in [5.41, 5.74) is 0. The lowest BCUT2D eigenvalue weighted by Crippen LogP contribution is -2.50. The van der Waals surface area contributed by atoms with Crippen molar-refractivity contribution in [2.24, 2.45) is 5.92 Å². The van der Waals surface area contributed by atoms with Gasteiger partial charge in [-0.15, -0.1) is 0 Å². The van der Waals surface area contributed by atoms with Crippen molar-refractivity contribution in [2.45, 2.75) is 25.9 Å². The van der Waals surface area contributed by atoms with Crippen LogP contribution in [0.5, 0.6) is 5.75 Å².